The molecule has 0 aliphatic rings. The molecule has 0 radical (unpaired) electrons. The Bertz CT molecular complexity index is 646. The fourth-order valence-electron chi connectivity index (χ4n) is 2.54. The average Bonchev–Trinajstić information content (AvgIpc) is 2.40. The summed E-state index contributed by atoms with van der Waals surface area (Å²) in [4.78, 5) is 12.7. The zero-order valence-electron chi connectivity index (χ0n) is 12.7. The van der Waals surface area contributed by atoms with Crippen LogP contribution in [0, 0.1) is 27.7 Å². The van der Waals surface area contributed by atoms with E-state index < -0.39 is 0 Å². The summed E-state index contributed by atoms with van der Waals surface area (Å²) in [6.07, 6.45) is 0. The fraction of sp³-hybridized carbons (Fsp3) is 0.278. The van der Waals surface area contributed by atoms with Crippen LogP contribution < -0.4 is 4.74 Å². The summed E-state index contributed by atoms with van der Waals surface area (Å²) in [6.45, 7) is 7.90. The van der Waals surface area contributed by atoms with E-state index in [4.69, 9.17) is 4.74 Å². The molecule has 0 heterocycles. The van der Waals surface area contributed by atoms with E-state index in [-0.39, 0.29) is 5.78 Å². The molecule has 0 saturated heterocycles. The van der Waals surface area contributed by atoms with Crippen molar-refractivity contribution in [2.24, 2.45) is 0 Å². The van der Waals surface area contributed by atoms with Gasteiger partial charge in [-0.15, -0.1) is 0 Å². The second-order valence-corrected chi connectivity index (χ2v) is 5.29. The maximum absolute atomic E-state index is 12.7. The number of hydrogen-bond acceptors (Lipinski definition) is 2. The lowest BCUT2D eigenvalue weighted by molar-refractivity contribution is 0.103. The van der Waals surface area contributed by atoms with Crippen molar-refractivity contribution < 1.29 is 9.53 Å². The second-order valence-electron chi connectivity index (χ2n) is 5.29. The van der Waals surface area contributed by atoms with Gasteiger partial charge in [0.05, 0.1) is 7.11 Å². The first-order valence-corrected chi connectivity index (χ1v) is 6.71. The largest absolute Gasteiger partial charge is 0.496 e. The maximum Gasteiger partial charge on any atom is 0.193 e. The van der Waals surface area contributed by atoms with Gasteiger partial charge in [-0.1, -0.05) is 17.7 Å². The minimum absolute atomic E-state index is 0.0695. The van der Waals surface area contributed by atoms with E-state index in [0.29, 0.717) is 0 Å². The molecule has 0 saturated carbocycles. The van der Waals surface area contributed by atoms with Gasteiger partial charge in [-0.05, 0) is 62.6 Å². The van der Waals surface area contributed by atoms with Crippen LogP contribution in [0.2, 0.25) is 0 Å². The van der Waals surface area contributed by atoms with Crippen molar-refractivity contribution in [3.63, 3.8) is 0 Å². The van der Waals surface area contributed by atoms with E-state index in [1.165, 1.54) is 0 Å². The molecule has 0 N–H and O–H groups in total. The summed E-state index contributed by atoms with van der Waals surface area (Å²) >= 11 is 0. The standard InChI is InChI=1S/C18H20O2/c1-11-6-7-12(2)16(8-11)17(19)15-9-13(3)18(20-5)14(4)10-15/h6-10H,1-5H3. The number of ketones is 1. The first kappa shape index (κ1) is 14.3. The van der Waals surface area contributed by atoms with Crippen LogP contribution in [0.25, 0.3) is 0 Å². The number of carbonyl (C=O) groups is 1. The van der Waals surface area contributed by atoms with Crippen LogP contribution in [0.5, 0.6) is 5.75 Å². The molecule has 0 fully saturated rings. The lowest BCUT2D eigenvalue weighted by Crippen LogP contribution is -2.06. The molecule has 0 bridgehead atoms. The molecule has 0 aliphatic carbocycles. The lowest BCUT2D eigenvalue weighted by Gasteiger charge is -2.12. The summed E-state index contributed by atoms with van der Waals surface area (Å²) in [5.41, 5.74) is 5.57. The van der Waals surface area contributed by atoms with Gasteiger partial charge in [-0.2, -0.15) is 0 Å². The van der Waals surface area contributed by atoms with E-state index in [0.717, 1.165) is 39.1 Å². The Morgan fingerprint density at radius 3 is 2.05 bits per heavy atom. The van der Waals surface area contributed by atoms with Crippen molar-refractivity contribution in [1.29, 1.82) is 0 Å². The molecule has 2 aromatic carbocycles. The van der Waals surface area contributed by atoms with E-state index in [1.807, 2.05) is 58.0 Å². The summed E-state index contributed by atoms with van der Waals surface area (Å²) < 4.78 is 5.35. The minimum atomic E-state index is 0.0695. The van der Waals surface area contributed by atoms with Crippen LogP contribution in [0.4, 0.5) is 0 Å². The van der Waals surface area contributed by atoms with E-state index in [1.54, 1.807) is 7.11 Å². The molecule has 2 rings (SSSR count). The molecule has 2 aromatic rings. The molecule has 0 aliphatic heterocycles. The van der Waals surface area contributed by atoms with Crippen molar-refractivity contribution in [3.8, 4) is 5.75 Å². The number of rotatable bonds is 3. The smallest absolute Gasteiger partial charge is 0.193 e. The third kappa shape index (κ3) is 2.60. The zero-order chi connectivity index (χ0) is 14.9. The fourth-order valence-corrected chi connectivity index (χ4v) is 2.54. The monoisotopic (exact) mass is 268 g/mol. The van der Waals surface area contributed by atoms with Crippen LogP contribution >= 0.6 is 0 Å². The third-order valence-electron chi connectivity index (χ3n) is 3.56. The molecule has 104 valence electrons. The van der Waals surface area contributed by atoms with Crippen molar-refractivity contribution in [1.82, 2.24) is 0 Å². The maximum atomic E-state index is 12.7. The highest BCUT2D eigenvalue weighted by molar-refractivity contribution is 6.10. The van der Waals surface area contributed by atoms with Crippen molar-refractivity contribution >= 4 is 5.78 Å². The number of benzene rings is 2. The molecule has 0 unspecified atom stereocenters. The van der Waals surface area contributed by atoms with Gasteiger partial charge in [0.25, 0.3) is 0 Å². The van der Waals surface area contributed by atoms with Crippen molar-refractivity contribution in [3.05, 3.63) is 63.7 Å². The van der Waals surface area contributed by atoms with Gasteiger partial charge >= 0.3 is 0 Å². The van der Waals surface area contributed by atoms with Crippen LogP contribution in [0.1, 0.15) is 38.2 Å². The molecule has 2 heteroatoms. The Balaban J connectivity index is 2.51. The van der Waals surface area contributed by atoms with Gasteiger partial charge in [0.2, 0.25) is 0 Å². The Kier molecular flexibility index (Phi) is 3.93. The Morgan fingerprint density at radius 2 is 1.50 bits per heavy atom. The highest BCUT2D eigenvalue weighted by atomic mass is 16.5. The second kappa shape index (κ2) is 5.49. The van der Waals surface area contributed by atoms with Gasteiger partial charge < -0.3 is 4.74 Å². The Morgan fingerprint density at radius 1 is 0.900 bits per heavy atom. The lowest BCUT2D eigenvalue weighted by atomic mass is 9.95. The first-order valence-electron chi connectivity index (χ1n) is 6.71. The van der Waals surface area contributed by atoms with E-state index in [2.05, 4.69) is 0 Å². The molecule has 0 aromatic heterocycles. The molecule has 0 atom stereocenters. The third-order valence-corrected chi connectivity index (χ3v) is 3.56. The summed E-state index contributed by atoms with van der Waals surface area (Å²) in [7, 11) is 1.65. The topological polar surface area (TPSA) is 26.3 Å². The van der Waals surface area contributed by atoms with Gasteiger partial charge in [0.1, 0.15) is 5.75 Å². The zero-order valence-corrected chi connectivity index (χ0v) is 12.7. The highest BCUT2D eigenvalue weighted by Gasteiger charge is 2.15. The predicted molar refractivity (Wildman–Crippen MR) is 81.8 cm³/mol. The predicted octanol–water partition coefficient (Wildman–Crippen LogP) is 4.16. The van der Waals surface area contributed by atoms with Gasteiger partial charge in [-0.3, -0.25) is 4.79 Å². The van der Waals surface area contributed by atoms with Crippen LogP contribution in [0.15, 0.2) is 30.3 Å². The molecular weight excluding hydrogens is 248 g/mol. The van der Waals surface area contributed by atoms with Crippen molar-refractivity contribution in [2.75, 3.05) is 7.11 Å². The first-order chi connectivity index (χ1) is 9.43. The minimum Gasteiger partial charge on any atom is -0.496 e. The molecule has 2 nitrogen and oxygen atoms in total. The summed E-state index contributed by atoms with van der Waals surface area (Å²) in [5.74, 6) is 0.919. The number of carbonyl (C=O) groups excluding carboxylic acids is 1. The number of methoxy groups -OCH3 is 1. The van der Waals surface area contributed by atoms with Gasteiger partial charge in [0.15, 0.2) is 5.78 Å². The SMILES string of the molecule is COc1c(C)cc(C(=O)c2cc(C)ccc2C)cc1C. The van der Waals surface area contributed by atoms with Gasteiger partial charge in [-0.25, -0.2) is 0 Å². The number of aryl methyl sites for hydroxylation is 4. The molecular formula is C18H20O2. The quantitative estimate of drug-likeness (QED) is 0.781. The van der Waals surface area contributed by atoms with Crippen molar-refractivity contribution in [2.45, 2.75) is 27.7 Å². The Labute approximate surface area is 120 Å². The van der Waals surface area contributed by atoms with E-state index >= 15 is 0 Å². The Hall–Kier alpha value is -2.09. The number of hydrogen-bond donors (Lipinski definition) is 0. The van der Waals surface area contributed by atoms with E-state index in [9.17, 15) is 4.79 Å². The molecule has 0 amide bonds. The molecule has 0 spiro atoms. The number of ether oxygens (including phenoxy) is 1. The average molecular weight is 268 g/mol. The molecule has 20 heavy (non-hydrogen) atoms. The van der Waals surface area contributed by atoms with Crippen LogP contribution in [-0.2, 0) is 0 Å². The van der Waals surface area contributed by atoms with Crippen LogP contribution in [-0.4, -0.2) is 12.9 Å². The highest BCUT2D eigenvalue weighted by Crippen LogP contribution is 2.26. The normalized spacial score (nSPS) is 10.4. The van der Waals surface area contributed by atoms with Crippen LogP contribution in [0.3, 0.4) is 0 Å². The summed E-state index contributed by atoms with van der Waals surface area (Å²) in [6, 6.07) is 9.76. The van der Waals surface area contributed by atoms with Gasteiger partial charge in [0, 0.05) is 11.1 Å². The summed E-state index contributed by atoms with van der Waals surface area (Å²) in [5, 5.41) is 0.